The molecule has 0 spiro atoms. The molecular weight excluding hydrogens is 632 g/mol. The first-order valence-electron chi connectivity index (χ1n) is 8.14. The molecule has 0 bridgehead atoms. The maximum Gasteiger partial charge on any atom is 3.00 e. The molecule has 180 valence electrons. The molecule has 0 aliphatic heterocycles. The second-order valence-electron chi connectivity index (χ2n) is 5.73. The molecule has 0 atom stereocenters. The van der Waals surface area contributed by atoms with E-state index in [0.717, 1.165) is 18.2 Å². The Hall–Kier alpha value is -1.10. The van der Waals surface area contributed by atoms with Crippen LogP contribution in [0.25, 0.3) is 0 Å². The topological polar surface area (TPSA) is 172 Å². The summed E-state index contributed by atoms with van der Waals surface area (Å²) in [4.78, 5) is -0.903. The molecule has 0 N–H and O–H groups in total. The zero-order valence-corrected chi connectivity index (χ0v) is 23.7. The predicted molar refractivity (Wildman–Crippen MR) is 124 cm³/mol. The van der Waals surface area contributed by atoms with Crippen LogP contribution in [0.2, 0.25) is 15.1 Å². The van der Waals surface area contributed by atoms with Crippen LogP contribution in [0.4, 0.5) is 0 Å². The van der Waals surface area contributed by atoms with Gasteiger partial charge in [0.05, 0.1) is 14.7 Å². The van der Waals surface area contributed by atoms with Gasteiger partial charge in [0.25, 0.3) is 0 Å². The van der Waals surface area contributed by atoms with Crippen molar-refractivity contribution >= 4 is 84.9 Å². The molecule has 0 heterocycles. The minimum atomic E-state index is -4.36. The van der Waals surface area contributed by atoms with E-state index in [2.05, 4.69) is 0 Å². The Balaban J connectivity index is 0.000000473. The van der Waals surface area contributed by atoms with E-state index in [9.17, 15) is 38.9 Å². The van der Waals surface area contributed by atoms with Crippen LogP contribution in [-0.2, 0) is 30.4 Å². The second-order valence-corrected chi connectivity index (χ2v) is 11.2. The molecule has 9 nitrogen and oxygen atoms in total. The Bertz CT molecular complexity index is 1250. The molecule has 0 aromatic heterocycles. The van der Waals surface area contributed by atoms with Crippen LogP contribution in [-0.4, -0.2) is 58.7 Å². The van der Waals surface area contributed by atoms with Crippen LogP contribution in [0.3, 0.4) is 0 Å². The van der Waals surface area contributed by atoms with E-state index in [1.807, 2.05) is 0 Å². The molecule has 0 radical (unpaired) electrons. The molecule has 0 amide bonds. The molecule has 0 unspecified atom stereocenters. The van der Waals surface area contributed by atoms with Gasteiger partial charge in [0.15, 0.2) is 0 Å². The van der Waals surface area contributed by atoms with E-state index in [4.69, 9.17) is 34.8 Å². The standard InChI is InChI=1S/3C6H5ClO3S.Ga/c3*7-5-2-1-3-6(4-5)11(8,9)10;/h3*1-4H,(H,8,9,10);/q;;;+3/p-3. The van der Waals surface area contributed by atoms with Crippen LogP contribution in [0.5, 0.6) is 0 Å². The summed E-state index contributed by atoms with van der Waals surface area (Å²) in [6.07, 6.45) is 0. The van der Waals surface area contributed by atoms with E-state index in [-0.39, 0.29) is 49.5 Å². The zero-order valence-electron chi connectivity index (χ0n) is 16.5. The Morgan fingerprint density at radius 1 is 0.471 bits per heavy atom. The van der Waals surface area contributed by atoms with Gasteiger partial charge in [0.1, 0.15) is 30.4 Å². The number of benzene rings is 3. The first-order chi connectivity index (χ1) is 15.0. The third-order valence-corrected chi connectivity index (χ3v) is 6.45. The number of halogens is 3. The Morgan fingerprint density at radius 3 is 0.794 bits per heavy atom. The summed E-state index contributed by atoms with van der Waals surface area (Å²) >= 11 is 16.3. The van der Waals surface area contributed by atoms with Crippen LogP contribution < -0.4 is 0 Å². The van der Waals surface area contributed by atoms with Gasteiger partial charge in [-0.15, -0.1) is 0 Å². The second kappa shape index (κ2) is 13.8. The molecular formula is C18H12Cl3GaO9S3. The van der Waals surface area contributed by atoms with Crippen LogP contribution in [0.1, 0.15) is 0 Å². The molecule has 0 saturated heterocycles. The molecule has 3 aromatic rings. The maximum absolute atomic E-state index is 10.4. The van der Waals surface area contributed by atoms with Gasteiger partial charge in [-0.3, -0.25) is 0 Å². The van der Waals surface area contributed by atoms with Crippen molar-refractivity contribution in [1.29, 1.82) is 0 Å². The maximum atomic E-state index is 10.4. The van der Waals surface area contributed by atoms with Gasteiger partial charge in [-0.2, -0.15) is 0 Å². The summed E-state index contributed by atoms with van der Waals surface area (Å²) in [6.45, 7) is 0. The molecule has 3 rings (SSSR count). The Kier molecular flexibility index (Phi) is 13.4. The summed E-state index contributed by atoms with van der Waals surface area (Å²) in [5.74, 6) is 0. The summed E-state index contributed by atoms with van der Waals surface area (Å²) in [6, 6.07) is 15.7. The summed E-state index contributed by atoms with van der Waals surface area (Å²) in [5, 5.41) is 0.714. The molecule has 0 aliphatic rings. The Labute approximate surface area is 225 Å². The first-order valence-corrected chi connectivity index (χ1v) is 13.5. The summed E-state index contributed by atoms with van der Waals surface area (Å²) in [5.41, 5.74) is 0. The van der Waals surface area contributed by atoms with E-state index in [1.165, 1.54) is 54.6 Å². The normalized spacial score (nSPS) is 11.1. The van der Waals surface area contributed by atoms with Crippen molar-refractivity contribution in [3.63, 3.8) is 0 Å². The fourth-order valence-electron chi connectivity index (χ4n) is 1.87. The van der Waals surface area contributed by atoms with Crippen molar-refractivity contribution in [3.05, 3.63) is 87.9 Å². The van der Waals surface area contributed by atoms with Gasteiger partial charge >= 0.3 is 19.8 Å². The van der Waals surface area contributed by atoms with Gasteiger partial charge in [0.2, 0.25) is 0 Å². The van der Waals surface area contributed by atoms with Crippen LogP contribution >= 0.6 is 34.8 Å². The average Bonchev–Trinajstić information content (AvgIpc) is 2.67. The molecule has 34 heavy (non-hydrogen) atoms. The van der Waals surface area contributed by atoms with E-state index >= 15 is 0 Å². The van der Waals surface area contributed by atoms with Crippen molar-refractivity contribution in [2.75, 3.05) is 0 Å². The van der Waals surface area contributed by atoms with E-state index < -0.39 is 30.4 Å². The largest absolute Gasteiger partial charge is 3.00 e. The van der Waals surface area contributed by atoms with Crippen molar-refractivity contribution in [2.24, 2.45) is 0 Å². The molecule has 0 aliphatic carbocycles. The van der Waals surface area contributed by atoms with Crippen molar-refractivity contribution in [3.8, 4) is 0 Å². The van der Waals surface area contributed by atoms with Gasteiger partial charge in [-0.05, 0) is 54.6 Å². The molecule has 16 heteroatoms. The summed E-state index contributed by atoms with van der Waals surface area (Å²) in [7, 11) is -13.1. The minimum Gasteiger partial charge on any atom is -0.744 e. The minimum absolute atomic E-state index is 0. The summed E-state index contributed by atoms with van der Waals surface area (Å²) < 4.78 is 93.3. The van der Waals surface area contributed by atoms with Gasteiger partial charge in [-0.25, -0.2) is 25.3 Å². The van der Waals surface area contributed by atoms with Gasteiger partial charge < -0.3 is 13.7 Å². The van der Waals surface area contributed by atoms with Crippen LogP contribution in [0.15, 0.2) is 87.5 Å². The SMILES string of the molecule is O=S(=O)([O-])c1cccc(Cl)c1.O=S(=O)([O-])c1cccc(Cl)c1.O=S(=O)([O-])c1cccc(Cl)c1.[Ga+3]. The number of hydrogen-bond donors (Lipinski definition) is 0. The third kappa shape index (κ3) is 12.6. The monoisotopic (exact) mass is 642 g/mol. The smallest absolute Gasteiger partial charge is 0.744 e. The number of rotatable bonds is 3. The van der Waals surface area contributed by atoms with E-state index in [0.29, 0.717) is 0 Å². The quantitative estimate of drug-likeness (QED) is 0.306. The third-order valence-electron chi connectivity index (χ3n) is 3.25. The van der Waals surface area contributed by atoms with Crippen molar-refractivity contribution < 1.29 is 38.9 Å². The van der Waals surface area contributed by atoms with E-state index in [1.54, 1.807) is 0 Å². The average molecular weight is 645 g/mol. The van der Waals surface area contributed by atoms with Crippen molar-refractivity contribution in [2.45, 2.75) is 14.7 Å². The molecule has 0 fully saturated rings. The first kappa shape index (κ1) is 32.9. The van der Waals surface area contributed by atoms with Crippen LogP contribution in [0, 0.1) is 0 Å². The molecule has 0 saturated carbocycles. The van der Waals surface area contributed by atoms with Crippen molar-refractivity contribution in [1.82, 2.24) is 0 Å². The fraction of sp³-hybridized carbons (Fsp3) is 0. The zero-order chi connectivity index (χ0) is 25.4. The Morgan fingerprint density at radius 2 is 0.676 bits per heavy atom. The number of hydrogen-bond acceptors (Lipinski definition) is 9. The molecule has 3 aromatic carbocycles. The predicted octanol–water partition coefficient (Wildman–Crippen LogP) is 3.35. The van der Waals surface area contributed by atoms with Gasteiger partial charge in [0, 0.05) is 15.1 Å². The van der Waals surface area contributed by atoms with Gasteiger partial charge in [-0.1, -0.05) is 53.0 Å². The fourth-order valence-corrected chi connectivity index (χ4v) is 4.18.